The fraction of sp³-hybridized carbons (Fsp3) is 0.791. The van der Waals surface area contributed by atoms with Crippen molar-refractivity contribution in [2.45, 2.75) is 297 Å². The molecule has 0 bridgehead atoms. The molecule has 0 aliphatic carbocycles. The van der Waals surface area contributed by atoms with Gasteiger partial charge in [0.25, 0.3) is 0 Å². The largest absolute Gasteiger partial charge is 0.548 e. The van der Waals surface area contributed by atoms with Gasteiger partial charge in [-0.25, -0.2) is 0 Å². The van der Waals surface area contributed by atoms with Crippen LogP contribution in [0.1, 0.15) is 127 Å². The Balaban J connectivity index is 1.71. The van der Waals surface area contributed by atoms with Crippen molar-refractivity contribution in [3.63, 3.8) is 0 Å². The second-order valence-corrected chi connectivity index (χ2v) is 27.8. The zero-order valence-electron chi connectivity index (χ0n) is 64.0. The van der Waals surface area contributed by atoms with Crippen LogP contribution in [0.15, 0.2) is 0 Å². The molecule has 10 amide bonds. The maximum absolute atomic E-state index is 14.3. The predicted molar refractivity (Wildman–Crippen MR) is 365 cm³/mol. The smallest absolute Gasteiger partial charge is 0.249 e. The highest BCUT2D eigenvalue weighted by Crippen LogP contribution is 2.37. The monoisotopic (exact) mass is 1630 g/mol. The predicted octanol–water partition coefficient (Wildman–Crippen LogP) is -16.9. The van der Waals surface area contributed by atoms with E-state index in [0.717, 1.165) is 48.5 Å². The number of amides is 10. The van der Waals surface area contributed by atoms with E-state index in [4.69, 9.17) is 42.6 Å². The average molecular weight is 1630 g/mol. The second-order valence-electron chi connectivity index (χ2n) is 27.8. The minimum absolute atomic E-state index is 0.000656. The minimum atomic E-state index is -2.20. The minimum Gasteiger partial charge on any atom is -0.548 e. The average Bonchev–Trinajstić information content (AvgIpc) is 0.768. The fourth-order valence-corrected chi connectivity index (χ4v) is 12.8. The van der Waals surface area contributed by atoms with E-state index in [0.29, 0.717) is 38.8 Å². The first-order valence-electron chi connectivity index (χ1n) is 36.8. The van der Waals surface area contributed by atoms with Crippen molar-refractivity contribution in [1.29, 1.82) is 0 Å². The van der Waals surface area contributed by atoms with Crippen LogP contribution in [0.2, 0.25) is 0 Å². The van der Waals surface area contributed by atoms with Gasteiger partial charge in [-0.1, -0.05) is 0 Å². The van der Waals surface area contributed by atoms with Crippen LogP contribution >= 0.6 is 0 Å². The first kappa shape index (κ1) is 97.2. The summed E-state index contributed by atoms with van der Waals surface area (Å²) < 4.78 is 56.3. The molecular weight excluding hydrogens is 1520 g/mol. The lowest BCUT2D eigenvalue weighted by molar-refractivity contribution is -0.369. The maximum Gasteiger partial charge on any atom is 0.249 e. The van der Waals surface area contributed by atoms with Crippen LogP contribution in [0.25, 0.3) is 0 Å². The molecule has 0 aromatic rings. The number of quaternary nitrogens is 2. The topological polar surface area (TPSA) is 731 Å². The Kier molecular flexibility index (Phi) is 40.5. The number of rotatable bonds is 46. The number of hydrogen-bond donors (Lipinski definition) is 19. The van der Waals surface area contributed by atoms with Crippen LogP contribution in [0.5, 0.6) is 0 Å². The van der Waals surface area contributed by atoms with Crippen molar-refractivity contribution in [1.82, 2.24) is 53.2 Å². The van der Waals surface area contributed by atoms with E-state index < -0.39 is 306 Å². The third-order valence-electron chi connectivity index (χ3n) is 18.7. The van der Waals surface area contributed by atoms with Crippen LogP contribution in [-0.2, 0) is 110 Å². The van der Waals surface area contributed by atoms with E-state index in [1.165, 1.54) is 13.8 Å². The Morgan fingerprint density at radius 2 is 0.699 bits per heavy atom. The summed E-state index contributed by atoms with van der Waals surface area (Å²) in [7, 11) is 0. The zero-order chi connectivity index (χ0) is 85.0. The quantitative estimate of drug-likeness (QED) is 0.0252. The molecule has 46 heteroatoms. The first-order valence-corrected chi connectivity index (χ1v) is 36.8. The third-order valence-corrected chi connectivity index (χ3v) is 18.7. The van der Waals surface area contributed by atoms with Crippen molar-refractivity contribution < 1.29 is 177 Å². The molecule has 23 N–H and O–H groups in total. The molecule has 28 atom stereocenters. The van der Waals surface area contributed by atoms with E-state index in [1.807, 2.05) is 0 Å². The van der Waals surface area contributed by atoms with E-state index in [-0.39, 0.29) is 12.8 Å². The molecular formula is C67H110N12O34-2. The van der Waals surface area contributed by atoms with E-state index in [2.05, 4.69) is 64.6 Å². The molecule has 2 unspecified atom stereocenters. The SMILES string of the molecule is CC(=O)N[C@H]1[C@H](OC2[C@@H](CO)O[C@@H](C)[C@H](NC(C)=O)[C@H]2O[C@H](C)C(=O)N[C@@H](C)C(=O)N[C@H](CCC(=O)N[C@@H](CCCC[NH3+])C(=O)[O-])C(=O)[O-])O[C@H](CO)[C@@H](O[C@@H]2O[C@H](CO)C(O[C@@H]3O[C@H](CO)[C@@H](O)[C@H](O)[C@H]3NC(C)=O)[C@H](O[C@H](C)C(=O)N[C@@H](C)C(=O)N[C@H](CCC(=O)N[C@@H](CCCC[NH3+])C(=O)[O-])C(=O)[O-])[C@H]2NC(C)=O)[C@@H]1O. The molecule has 0 spiro atoms. The molecule has 0 saturated carbocycles. The van der Waals surface area contributed by atoms with Crippen molar-refractivity contribution >= 4 is 82.9 Å². The Labute approximate surface area is 648 Å². The fourth-order valence-electron chi connectivity index (χ4n) is 12.8. The number of carboxylic acid groups (broad SMARTS) is 4. The number of hydrogen-bond acceptors (Lipinski definition) is 34. The molecule has 0 aromatic heterocycles. The number of carbonyl (C=O) groups excluding carboxylic acids is 14. The van der Waals surface area contributed by atoms with Gasteiger partial charge in [0.1, 0.15) is 116 Å². The van der Waals surface area contributed by atoms with E-state index >= 15 is 0 Å². The number of nitrogens with one attached hydrogen (secondary N) is 10. The van der Waals surface area contributed by atoms with Crippen molar-refractivity contribution in [3.05, 3.63) is 0 Å². The summed E-state index contributed by atoms with van der Waals surface area (Å²) in [5, 5.41) is 149. The Morgan fingerprint density at radius 3 is 1.07 bits per heavy atom. The Bertz CT molecular complexity index is 3200. The number of ether oxygens (including phenoxy) is 9. The second kappa shape index (κ2) is 47.0. The lowest BCUT2D eigenvalue weighted by atomic mass is 9.91. The van der Waals surface area contributed by atoms with Gasteiger partial charge in [-0.15, -0.1) is 0 Å². The number of aliphatic hydroxyl groups excluding tert-OH is 7. The molecule has 0 aromatic carbocycles. The summed E-state index contributed by atoms with van der Waals surface area (Å²) in [5.74, 6) is -16.7. The molecule has 0 radical (unpaired) electrons. The summed E-state index contributed by atoms with van der Waals surface area (Å²) in [6.45, 7) is 6.70. The maximum atomic E-state index is 14.3. The molecule has 4 heterocycles. The first-order chi connectivity index (χ1) is 53.2. The molecule has 4 rings (SSSR count). The highest BCUT2D eigenvalue weighted by atomic mass is 16.8. The number of aliphatic hydroxyl groups is 7. The summed E-state index contributed by atoms with van der Waals surface area (Å²) in [4.78, 5) is 181. The lowest BCUT2D eigenvalue weighted by Gasteiger charge is -2.52. The van der Waals surface area contributed by atoms with Gasteiger partial charge in [0, 0.05) is 40.5 Å². The number of unbranched alkanes of at least 4 members (excludes halogenated alkanes) is 2. The van der Waals surface area contributed by atoms with Crippen LogP contribution in [0.3, 0.4) is 0 Å². The highest BCUT2D eigenvalue weighted by Gasteiger charge is 2.58. The number of carbonyl (C=O) groups is 14. The van der Waals surface area contributed by atoms with Crippen LogP contribution < -0.4 is 85.1 Å². The van der Waals surface area contributed by atoms with E-state index in [1.54, 1.807) is 0 Å². The molecule has 4 aliphatic rings. The van der Waals surface area contributed by atoms with Gasteiger partial charge in [0.2, 0.25) is 59.1 Å². The van der Waals surface area contributed by atoms with Gasteiger partial charge in [0.15, 0.2) is 18.9 Å². The molecule has 4 aliphatic heterocycles. The normalized spacial score (nSPS) is 29.8. The van der Waals surface area contributed by atoms with Gasteiger partial charge in [-0.05, 0) is 86.0 Å². The number of carboxylic acids is 4. The highest BCUT2D eigenvalue weighted by molar-refractivity contribution is 5.92. The third kappa shape index (κ3) is 29.3. The summed E-state index contributed by atoms with van der Waals surface area (Å²) in [5.41, 5.74) is 7.33. The van der Waals surface area contributed by atoms with Gasteiger partial charge >= 0.3 is 0 Å². The Hall–Kier alpha value is -8.14. The molecule has 4 fully saturated rings. The number of aliphatic carboxylic acids is 4. The van der Waals surface area contributed by atoms with Gasteiger partial charge < -0.3 is 183 Å². The standard InChI is InChI=1S/C67H112N12O34/c1-26(57(93)78-37(63(101)102)16-18-43(88)76-35(61(97)98)14-10-12-20-68)70-59(95)29(4)106-55-45(72-31(6)84)28(3)105-41(24-82)53(55)112-66-47(74-33(8)86)51(92)52(40(23-81)109-66)111-67-48(75-34(9)87)56(54(42(25-83)110-67)113-65-46(73-32(7)85)50(91)49(90)39(22-80)108-65)107-30(5)60(96)71-27(2)58(94)79-38(64(103)104)17-19-44(89)77-36(62(99)100)15-11-13-21-69/h26-30,35-42,45-56,65-67,80-83,90-92H,10-25,68-69H2,1-9H3,(H,70,95)(H,71,96)(H,72,84)(H,73,85)(H,74,86)(H,75,87)(H,76,88)(H,77,89)(H,78,93)(H,79,94)(H,97,98)(H,99,100)(H,101,102)(H,103,104)/p-2/t26-,27-,28-,29+,30+,35-,36-,37+,38+,39+,40+,41+,42+,45-,46+,47+,48+,49+,50+,51+,52+,53?,54?,55+,56+,65-,66-,67-/m0/s1. The van der Waals surface area contributed by atoms with Crippen molar-refractivity contribution in [2.24, 2.45) is 0 Å². The Morgan fingerprint density at radius 1 is 0.381 bits per heavy atom. The zero-order valence-corrected chi connectivity index (χ0v) is 64.0. The lowest BCUT2D eigenvalue weighted by Crippen LogP contribution is -2.72. The van der Waals surface area contributed by atoms with Crippen LogP contribution in [-0.4, -0.2) is 329 Å². The van der Waals surface area contributed by atoms with Crippen LogP contribution in [0.4, 0.5) is 0 Å². The molecule has 46 nitrogen and oxygen atoms in total. The van der Waals surface area contributed by atoms with Gasteiger partial charge in [0.05, 0.1) is 99.7 Å². The van der Waals surface area contributed by atoms with Crippen molar-refractivity contribution in [2.75, 3.05) is 39.5 Å². The summed E-state index contributed by atoms with van der Waals surface area (Å²) in [6.07, 6.45) is -33.9. The summed E-state index contributed by atoms with van der Waals surface area (Å²) in [6, 6.07) is -16.7. The van der Waals surface area contributed by atoms with Crippen molar-refractivity contribution in [3.8, 4) is 0 Å². The van der Waals surface area contributed by atoms with Gasteiger partial charge in [-0.2, -0.15) is 0 Å². The molecule has 644 valence electrons. The van der Waals surface area contributed by atoms with Gasteiger partial charge in [-0.3, -0.25) is 47.9 Å². The summed E-state index contributed by atoms with van der Waals surface area (Å²) >= 11 is 0. The van der Waals surface area contributed by atoms with E-state index in [9.17, 15) is 123 Å². The molecule has 113 heavy (non-hydrogen) atoms. The molecule has 4 saturated heterocycles. The van der Waals surface area contributed by atoms with Crippen LogP contribution in [0, 0.1) is 0 Å².